The third kappa shape index (κ3) is 1.53. The van der Waals surface area contributed by atoms with Crippen molar-refractivity contribution in [3.63, 3.8) is 0 Å². The van der Waals surface area contributed by atoms with Crippen molar-refractivity contribution in [3.8, 4) is 17.6 Å². The van der Waals surface area contributed by atoms with Gasteiger partial charge in [-0.1, -0.05) is 6.08 Å². The molecule has 0 saturated carbocycles. The van der Waals surface area contributed by atoms with E-state index in [-0.39, 0.29) is 0 Å². The van der Waals surface area contributed by atoms with Crippen LogP contribution in [-0.4, -0.2) is 14.2 Å². The highest BCUT2D eigenvalue weighted by Gasteiger charge is 2.19. The van der Waals surface area contributed by atoms with Gasteiger partial charge in [0.2, 0.25) is 0 Å². The highest BCUT2D eigenvalue weighted by atomic mass is 16.5. The Kier molecular flexibility index (Phi) is 2.82. The lowest BCUT2D eigenvalue weighted by atomic mass is 9.90. The molecule has 0 aromatic heterocycles. The number of hydrogen-bond acceptors (Lipinski definition) is 3. The number of methoxy groups -OCH3 is 2. The van der Waals surface area contributed by atoms with E-state index in [1.807, 2.05) is 18.2 Å². The van der Waals surface area contributed by atoms with Crippen LogP contribution in [0, 0.1) is 11.3 Å². The molecule has 0 aliphatic heterocycles. The van der Waals surface area contributed by atoms with Crippen LogP contribution in [0.2, 0.25) is 0 Å². The van der Waals surface area contributed by atoms with E-state index in [9.17, 15) is 0 Å². The summed E-state index contributed by atoms with van der Waals surface area (Å²) in [7, 11) is 3.25. The quantitative estimate of drug-likeness (QED) is 0.761. The number of allylic oxidation sites excluding steroid dienone is 2. The number of fused-ring (bicyclic) bond motifs is 1. The minimum atomic E-state index is 0.723. The molecule has 3 heteroatoms. The number of ether oxygens (including phenoxy) is 2. The largest absolute Gasteiger partial charge is 0.493 e. The lowest BCUT2D eigenvalue weighted by molar-refractivity contribution is 0.351. The summed E-state index contributed by atoms with van der Waals surface area (Å²) >= 11 is 0. The third-order valence-electron chi connectivity index (χ3n) is 2.80. The van der Waals surface area contributed by atoms with Crippen molar-refractivity contribution in [1.82, 2.24) is 0 Å². The minimum absolute atomic E-state index is 0.723. The van der Waals surface area contributed by atoms with Crippen LogP contribution >= 0.6 is 0 Å². The molecule has 16 heavy (non-hydrogen) atoms. The number of benzene rings is 1. The van der Waals surface area contributed by atoms with Crippen LogP contribution in [0.1, 0.15) is 17.5 Å². The van der Waals surface area contributed by atoms with Gasteiger partial charge in [0.15, 0.2) is 11.5 Å². The molecule has 1 aliphatic rings. The van der Waals surface area contributed by atoms with Gasteiger partial charge in [-0.15, -0.1) is 0 Å². The van der Waals surface area contributed by atoms with Crippen LogP contribution in [-0.2, 0) is 6.42 Å². The van der Waals surface area contributed by atoms with Gasteiger partial charge in [-0.2, -0.15) is 5.26 Å². The van der Waals surface area contributed by atoms with Crippen molar-refractivity contribution in [2.24, 2.45) is 0 Å². The zero-order chi connectivity index (χ0) is 11.5. The topological polar surface area (TPSA) is 42.2 Å². The molecule has 1 aromatic carbocycles. The van der Waals surface area contributed by atoms with E-state index in [1.165, 1.54) is 0 Å². The van der Waals surface area contributed by atoms with Gasteiger partial charge in [0.05, 0.1) is 25.9 Å². The van der Waals surface area contributed by atoms with Crippen LogP contribution in [0.15, 0.2) is 18.2 Å². The molecule has 1 aliphatic carbocycles. The summed E-state index contributed by atoms with van der Waals surface area (Å²) in [6, 6.07) is 5.98. The molecule has 0 N–H and O–H groups in total. The average Bonchev–Trinajstić information content (AvgIpc) is 2.36. The molecule has 3 nitrogen and oxygen atoms in total. The van der Waals surface area contributed by atoms with Crippen LogP contribution in [0.4, 0.5) is 0 Å². The molecule has 0 radical (unpaired) electrons. The van der Waals surface area contributed by atoms with Gasteiger partial charge >= 0.3 is 0 Å². The standard InChI is InChI=1S/C13H13NO2/c1-15-12-7-6-10-9(8-14)4-3-5-11(10)13(12)16-2/h4,6-7H,3,5H2,1-2H3. The lowest BCUT2D eigenvalue weighted by Gasteiger charge is -2.18. The maximum absolute atomic E-state index is 9.04. The maximum atomic E-state index is 9.04. The smallest absolute Gasteiger partial charge is 0.164 e. The highest BCUT2D eigenvalue weighted by molar-refractivity contribution is 5.82. The van der Waals surface area contributed by atoms with Crippen molar-refractivity contribution in [2.45, 2.75) is 12.8 Å². The van der Waals surface area contributed by atoms with Crippen LogP contribution in [0.3, 0.4) is 0 Å². The predicted molar refractivity (Wildman–Crippen MR) is 61.5 cm³/mol. The molecule has 0 bridgehead atoms. The average molecular weight is 215 g/mol. The summed E-state index contributed by atoms with van der Waals surface area (Å²) in [6.07, 6.45) is 3.73. The van der Waals surface area contributed by atoms with Crippen LogP contribution in [0.5, 0.6) is 11.5 Å². The zero-order valence-electron chi connectivity index (χ0n) is 9.41. The summed E-state index contributed by atoms with van der Waals surface area (Å²) in [5.74, 6) is 1.47. The molecule has 0 atom stereocenters. The van der Waals surface area contributed by atoms with Crippen molar-refractivity contribution >= 4 is 5.57 Å². The fraction of sp³-hybridized carbons (Fsp3) is 0.308. The monoisotopic (exact) mass is 215 g/mol. The first-order valence-electron chi connectivity index (χ1n) is 5.16. The predicted octanol–water partition coefficient (Wildman–Crippen LogP) is 2.56. The number of nitrogens with zero attached hydrogens (tertiary/aromatic N) is 1. The number of rotatable bonds is 2. The molecule has 0 saturated heterocycles. The Morgan fingerprint density at radius 1 is 1.25 bits per heavy atom. The van der Waals surface area contributed by atoms with Gasteiger partial charge < -0.3 is 9.47 Å². The lowest BCUT2D eigenvalue weighted by Crippen LogP contribution is -2.03. The molecule has 0 spiro atoms. The molecular weight excluding hydrogens is 202 g/mol. The number of nitriles is 1. The van der Waals surface area contributed by atoms with E-state index in [0.29, 0.717) is 0 Å². The minimum Gasteiger partial charge on any atom is -0.493 e. The highest BCUT2D eigenvalue weighted by Crippen LogP contribution is 2.39. The van der Waals surface area contributed by atoms with Crippen molar-refractivity contribution < 1.29 is 9.47 Å². The fourth-order valence-corrected chi connectivity index (χ4v) is 2.07. The van der Waals surface area contributed by atoms with Gasteiger partial charge in [0, 0.05) is 5.56 Å². The van der Waals surface area contributed by atoms with Gasteiger partial charge in [0.25, 0.3) is 0 Å². The summed E-state index contributed by atoms with van der Waals surface area (Å²) < 4.78 is 10.6. The van der Waals surface area contributed by atoms with E-state index < -0.39 is 0 Å². The SMILES string of the molecule is COc1ccc2c(c1OC)CCC=C2C#N. The van der Waals surface area contributed by atoms with Gasteiger partial charge in [-0.05, 0) is 30.5 Å². The second kappa shape index (κ2) is 4.28. The van der Waals surface area contributed by atoms with Gasteiger partial charge in [-0.3, -0.25) is 0 Å². The Hall–Kier alpha value is -1.95. The molecule has 1 aromatic rings. The number of hydrogen-bond donors (Lipinski definition) is 0. The summed E-state index contributed by atoms with van der Waals surface area (Å²) in [4.78, 5) is 0. The first-order valence-corrected chi connectivity index (χ1v) is 5.16. The second-order valence-corrected chi connectivity index (χ2v) is 3.60. The summed E-state index contributed by atoms with van der Waals surface area (Å²) in [6.45, 7) is 0. The second-order valence-electron chi connectivity index (χ2n) is 3.60. The zero-order valence-corrected chi connectivity index (χ0v) is 9.41. The Morgan fingerprint density at radius 3 is 2.69 bits per heavy atom. The first-order chi connectivity index (χ1) is 7.81. The Balaban J connectivity index is 2.62. The maximum Gasteiger partial charge on any atom is 0.164 e. The van der Waals surface area contributed by atoms with Gasteiger partial charge in [-0.25, -0.2) is 0 Å². The first kappa shape index (κ1) is 10.6. The molecule has 0 heterocycles. The third-order valence-corrected chi connectivity index (χ3v) is 2.80. The Labute approximate surface area is 94.9 Å². The molecular formula is C13H13NO2. The van der Waals surface area contributed by atoms with Crippen molar-refractivity contribution in [2.75, 3.05) is 14.2 Å². The van der Waals surface area contributed by atoms with Crippen LogP contribution < -0.4 is 9.47 Å². The summed E-state index contributed by atoms with van der Waals surface area (Å²) in [5, 5.41) is 9.04. The molecule has 82 valence electrons. The Bertz CT molecular complexity index is 483. The molecule has 0 fully saturated rings. The van der Waals surface area contributed by atoms with E-state index in [0.717, 1.165) is 41.0 Å². The molecule has 0 unspecified atom stereocenters. The van der Waals surface area contributed by atoms with Crippen molar-refractivity contribution in [1.29, 1.82) is 5.26 Å². The Morgan fingerprint density at radius 2 is 2.06 bits per heavy atom. The molecule has 2 rings (SSSR count). The van der Waals surface area contributed by atoms with E-state index in [1.54, 1.807) is 14.2 Å². The summed E-state index contributed by atoms with van der Waals surface area (Å²) in [5.41, 5.74) is 2.76. The van der Waals surface area contributed by atoms with Gasteiger partial charge in [0.1, 0.15) is 0 Å². The normalized spacial score (nSPS) is 13.4. The van der Waals surface area contributed by atoms with Crippen LogP contribution in [0.25, 0.3) is 5.57 Å². The molecule has 0 amide bonds. The van der Waals surface area contributed by atoms with Crippen molar-refractivity contribution in [3.05, 3.63) is 29.3 Å². The van der Waals surface area contributed by atoms with E-state index in [4.69, 9.17) is 14.7 Å². The van der Waals surface area contributed by atoms with E-state index in [2.05, 4.69) is 6.07 Å². The fourth-order valence-electron chi connectivity index (χ4n) is 2.07. The van der Waals surface area contributed by atoms with E-state index >= 15 is 0 Å².